The Morgan fingerprint density at radius 2 is 1.69 bits per heavy atom. The summed E-state index contributed by atoms with van der Waals surface area (Å²) in [5.41, 5.74) is 2.85. The average Bonchev–Trinajstić information content (AvgIpc) is 3.14. The molecule has 2 amide bonds. The SMILES string of the molecule is C[N+]1(C)CCC(OC(=O)Nc2cc(CCC(=O)Nc3cc(F)c(CNC[C@H](O)c4ccc(O)c5[nH]c(=O)ccc45)cc3F)ccc2-c2ccccc2)CC1. The number of aromatic amines is 1. The fourth-order valence-corrected chi connectivity index (χ4v) is 6.66. The predicted octanol–water partition coefficient (Wildman–Crippen LogP) is 6.36. The highest BCUT2D eigenvalue weighted by atomic mass is 19.1. The summed E-state index contributed by atoms with van der Waals surface area (Å²) in [6, 6.07) is 22.6. The fraction of sp³-hybridized carbons (Fsp3) is 0.293. The minimum Gasteiger partial charge on any atom is -0.506 e. The van der Waals surface area contributed by atoms with Gasteiger partial charge in [0, 0.05) is 61.0 Å². The second-order valence-corrected chi connectivity index (χ2v) is 14.3. The molecular weight excluding hydrogens is 696 g/mol. The number of piperidine rings is 1. The maximum absolute atomic E-state index is 15.1. The van der Waals surface area contributed by atoms with E-state index in [-0.39, 0.29) is 54.6 Å². The number of rotatable bonds is 12. The number of fused-ring (bicyclic) bond motifs is 1. The number of phenols is 1. The number of halogens is 2. The number of aliphatic hydroxyl groups is 1. The molecule has 2 heterocycles. The van der Waals surface area contributed by atoms with Gasteiger partial charge in [0.25, 0.3) is 0 Å². The van der Waals surface area contributed by atoms with E-state index in [0.29, 0.717) is 16.6 Å². The molecule has 1 saturated heterocycles. The van der Waals surface area contributed by atoms with Crippen molar-refractivity contribution < 1.29 is 37.8 Å². The average molecular weight is 741 g/mol. The summed E-state index contributed by atoms with van der Waals surface area (Å²) in [5.74, 6) is -2.25. The second kappa shape index (κ2) is 16.6. The molecule has 0 unspecified atom stereocenters. The van der Waals surface area contributed by atoms with Gasteiger partial charge in [-0.1, -0.05) is 48.5 Å². The van der Waals surface area contributed by atoms with Crippen LogP contribution < -0.4 is 21.5 Å². The number of quaternary nitrogens is 1. The number of pyridine rings is 1. The minimum absolute atomic E-state index is 0.0128. The lowest BCUT2D eigenvalue weighted by molar-refractivity contribution is -0.896. The van der Waals surface area contributed by atoms with E-state index in [4.69, 9.17) is 4.74 Å². The summed E-state index contributed by atoms with van der Waals surface area (Å²) in [7, 11) is 4.31. The van der Waals surface area contributed by atoms with Gasteiger partial charge in [0.15, 0.2) is 0 Å². The molecule has 0 spiro atoms. The zero-order chi connectivity index (χ0) is 38.4. The smallest absolute Gasteiger partial charge is 0.411 e. The van der Waals surface area contributed by atoms with Crippen LogP contribution >= 0.6 is 0 Å². The van der Waals surface area contributed by atoms with E-state index in [0.717, 1.165) is 59.2 Å². The van der Waals surface area contributed by atoms with Gasteiger partial charge in [0.05, 0.1) is 50.2 Å². The van der Waals surface area contributed by atoms with Crippen molar-refractivity contribution in [1.29, 1.82) is 0 Å². The number of benzene rings is 4. The zero-order valence-corrected chi connectivity index (χ0v) is 30.1. The van der Waals surface area contributed by atoms with Crippen molar-refractivity contribution in [3.63, 3.8) is 0 Å². The lowest BCUT2D eigenvalue weighted by atomic mass is 9.99. The number of aliphatic hydroxyl groups excluding tert-OH is 1. The molecule has 1 atom stereocenters. The van der Waals surface area contributed by atoms with Crippen molar-refractivity contribution in [2.75, 3.05) is 44.4 Å². The first kappa shape index (κ1) is 38.1. The Kier molecular flexibility index (Phi) is 11.7. The maximum atomic E-state index is 15.1. The lowest BCUT2D eigenvalue weighted by Gasteiger charge is -2.36. The van der Waals surface area contributed by atoms with E-state index in [1.807, 2.05) is 42.5 Å². The van der Waals surface area contributed by atoms with Crippen LogP contribution in [-0.4, -0.2) is 71.5 Å². The minimum atomic E-state index is -1.09. The molecule has 4 aromatic carbocycles. The summed E-state index contributed by atoms with van der Waals surface area (Å²) in [6.45, 7) is 1.67. The van der Waals surface area contributed by atoms with Gasteiger partial charge in [-0.3, -0.25) is 14.9 Å². The molecule has 13 heteroatoms. The Hall–Kier alpha value is -5.63. The summed E-state index contributed by atoms with van der Waals surface area (Å²) >= 11 is 0. The lowest BCUT2D eigenvalue weighted by Crippen LogP contribution is -2.48. The Bertz CT molecular complexity index is 2200. The van der Waals surface area contributed by atoms with Gasteiger partial charge in [0.1, 0.15) is 23.5 Å². The number of nitrogens with zero attached hydrogens (tertiary/aromatic N) is 1. The van der Waals surface area contributed by atoms with Crippen molar-refractivity contribution in [3.05, 3.63) is 124 Å². The molecule has 1 aliphatic heterocycles. The first-order valence-corrected chi connectivity index (χ1v) is 17.8. The van der Waals surface area contributed by atoms with E-state index in [1.165, 1.54) is 24.3 Å². The van der Waals surface area contributed by atoms with Gasteiger partial charge in [-0.25, -0.2) is 13.6 Å². The number of aryl methyl sites for hydroxylation is 1. The van der Waals surface area contributed by atoms with Gasteiger partial charge in [-0.2, -0.15) is 0 Å². The van der Waals surface area contributed by atoms with E-state index < -0.39 is 35.3 Å². The summed E-state index contributed by atoms with van der Waals surface area (Å²) < 4.78 is 36.8. The van der Waals surface area contributed by atoms with Crippen LogP contribution in [0.3, 0.4) is 0 Å². The number of hydrogen-bond donors (Lipinski definition) is 6. The van der Waals surface area contributed by atoms with Gasteiger partial charge in [-0.15, -0.1) is 0 Å². The molecule has 282 valence electrons. The van der Waals surface area contributed by atoms with Crippen LogP contribution in [0.2, 0.25) is 0 Å². The molecule has 1 fully saturated rings. The number of anilines is 2. The number of likely N-dealkylation sites (tertiary alicyclic amines) is 1. The third-order valence-corrected chi connectivity index (χ3v) is 9.76. The number of carbonyl (C=O) groups is 2. The Morgan fingerprint density at radius 1 is 0.926 bits per heavy atom. The second-order valence-electron chi connectivity index (χ2n) is 14.3. The molecule has 1 aromatic heterocycles. The summed E-state index contributed by atoms with van der Waals surface area (Å²) in [6.07, 6.45) is -0.0140. The van der Waals surface area contributed by atoms with Crippen LogP contribution in [0, 0.1) is 11.6 Å². The number of hydrogen-bond acceptors (Lipinski definition) is 7. The number of aromatic nitrogens is 1. The third-order valence-electron chi connectivity index (χ3n) is 9.76. The van der Waals surface area contributed by atoms with Crippen LogP contribution in [-0.2, 0) is 22.5 Å². The van der Waals surface area contributed by atoms with Crippen LogP contribution in [0.4, 0.5) is 25.0 Å². The van der Waals surface area contributed by atoms with E-state index in [9.17, 15) is 24.6 Å². The standard InChI is InChI=1S/C41H43F2N5O6/c1-48(2)18-16-28(17-19-48)54-41(53)46-34-20-25(8-10-29(34)26-6-4-3-5-7-26)9-14-38(51)45-35-22-32(42)27(21-33(35)43)23-44-24-37(50)30-11-13-36(49)40-31(30)12-15-39(52)47-40/h3-8,10-13,15,20-22,28,37,44,50H,9,14,16-19,23-24H2,1-2H3,(H3-,45,46,47,49,51,52,53)/p+1/t37-/m0/s1. The summed E-state index contributed by atoms with van der Waals surface area (Å²) in [4.78, 5) is 40.1. The molecule has 0 aliphatic carbocycles. The molecule has 6 N–H and O–H groups in total. The number of ether oxygens (including phenoxy) is 1. The normalized spacial score (nSPS) is 14.8. The zero-order valence-electron chi connectivity index (χ0n) is 30.1. The first-order chi connectivity index (χ1) is 25.8. The van der Waals surface area contributed by atoms with Crippen molar-refractivity contribution in [1.82, 2.24) is 10.3 Å². The third kappa shape index (κ3) is 9.47. The molecular formula is C41H44F2N5O6+. The highest BCUT2D eigenvalue weighted by Crippen LogP contribution is 2.31. The number of carbonyl (C=O) groups excluding carboxylic acids is 2. The van der Waals surface area contributed by atoms with Gasteiger partial charge in [-0.05, 0) is 47.4 Å². The van der Waals surface area contributed by atoms with E-state index >= 15 is 8.78 Å². The highest BCUT2D eigenvalue weighted by Gasteiger charge is 2.28. The van der Waals surface area contributed by atoms with Crippen molar-refractivity contribution in [2.45, 2.75) is 44.4 Å². The van der Waals surface area contributed by atoms with Gasteiger partial charge >= 0.3 is 6.09 Å². The largest absolute Gasteiger partial charge is 0.506 e. The first-order valence-electron chi connectivity index (χ1n) is 17.8. The monoisotopic (exact) mass is 740 g/mol. The Labute approximate surface area is 311 Å². The van der Waals surface area contributed by atoms with Gasteiger partial charge in [0.2, 0.25) is 11.5 Å². The number of amides is 2. The van der Waals surface area contributed by atoms with E-state index in [2.05, 4.69) is 35.0 Å². The topological polar surface area (TPSA) is 153 Å². The number of nitrogens with one attached hydrogen (secondary N) is 4. The number of aromatic hydroxyl groups is 1. The number of phenolic OH excluding ortho intramolecular Hbond substituents is 1. The Morgan fingerprint density at radius 3 is 2.44 bits per heavy atom. The molecule has 0 saturated carbocycles. The maximum Gasteiger partial charge on any atom is 0.411 e. The van der Waals surface area contributed by atoms with Crippen molar-refractivity contribution in [3.8, 4) is 16.9 Å². The molecule has 0 bridgehead atoms. The van der Waals surface area contributed by atoms with Crippen molar-refractivity contribution in [2.24, 2.45) is 0 Å². The number of H-pyrrole nitrogens is 1. The molecule has 11 nitrogen and oxygen atoms in total. The molecule has 6 rings (SSSR count). The van der Waals surface area contributed by atoms with Crippen molar-refractivity contribution >= 4 is 34.3 Å². The van der Waals surface area contributed by atoms with Crippen LogP contribution in [0.1, 0.15) is 42.1 Å². The molecule has 0 radical (unpaired) electrons. The van der Waals surface area contributed by atoms with E-state index in [1.54, 1.807) is 6.07 Å². The fourth-order valence-electron chi connectivity index (χ4n) is 6.66. The quantitative estimate of drug-likeness (QED) is 0.0815. The predicted molar refractivity (Wildman–Crippen MR) is 203 cm³/mol. The Balaban J connectivity index is 1.05. The van der Waals surface area contributed by atoms with Gasteiger partial charge < -0.3 is 35.1 Å². The van der Waals surface area contributed by atoms with Crippen LogP contribution in [0.15, 0.2) is 89.7 Å². The molecule has 54 heavy (non-hydrogen) atoms. The van der Waals surface area contributed by atoms with Crippen LogP contribution in [0.5, 0.6) is 5.75 Å². The summed E-state index contributed by atoms with van der Waals surface area (Å²) in [5, 5.41) is 29.6. The molecule has 5 aromatic rings. The van der Waals surface area contributed by atoms with Crippen LogP contribution in [0.25, 0.3) is 22.0 Å². The molecule has 1 aliphatic rings. The highest BCUT2D eigenvalue weighted by molar-refractivity contribution is 5.93.